The van der Waals surface area contributed by atoms with Crippen molar-refractivity contribution in [1.82, 2.24) is 15.2 Å². The SMILES string of the molecule is CC[C@H]1OC(=O)[C@H](C)C(=O)C[C@@H](O[C@@H]2O[C@H](C)C[C@H](N(C)C)[C@H]2O)[C@](C)(OC/C=C/c2cnc3ccccc3c2)CCC(=O)C[C@H]2NC(=O)O[C@@]21C. The molecule has 3 aliphatic heterocycles. The zero-order valence-electron chi connectivity index (χ0n) is 31.2. The Balaban J connectivity index is 1.47. The molecule has 2 N–H and O–H groups in total. The highest BCUT2D eigenvalue weighted by Crippen LogP contribution is 2.36. The number of pyridine rings is 1. The molecule has 13 heteroatoms. The molecule has 3 fully saturated rings. The minimum Gasteiger partial charge on any atom is -0.458 e. The number of nitrogens with one attached hydrogen (secondary N) is 1. The third kappa shape index (κ3) is 8.88. The van der Waals surface area contributed by atoms with Crippen LogP contribution in [0.3, 0.4) is 0 Å². The van der Waals surface area contributed by atoms with Crippen LogP contribution < -0.4 is 5.32 Å². The second-order valence-electron chi connectivity index (χ2n) is 14.9. The average Bonchev–Trinajstić information content (AvgIpc) is 3.40. The molecular formula is C39H53N3O10. The normalized spacial score (nSPS) is 35.2. The van der Waals surface area contributed by atoms with Gasteiger partial charge in [-0.3, -0.25) is 19.4 Å². The van der Waals surface area contributed by atoms with Gasteiger partial charge in [-0.25, -0.2) is 4.79 Å². The van der Waals surface area contributed by atoms with E-state index in [9.17, 15) is 24.3 Å². The van der Waals surface area contributed by atoms with Crippen LogP contribution in [0.1, 0.15) is 78.7 Å². The van der Waals surface area contributed by atoms with Gasteiger partial charge in [-0.05, 0) is 78.7 Å². The smallest absolute Gasteiger partial charge is 0.408 e. The third-order valence-corrected chi connectivity index (χ3v) is 10.8. The third-order valence-electron chi connectivity index (χ3n) is 10.8. The van der Waals surface area contributed by atoms with E-state index in [4.69, 9.17) is 23.7 Å². The standard InChI is InChI=1S/C39H53N3O10/c1-8-32-39(5)31(41-37(47)52-39)20-27(43)15-16-38(4,48-17-11-12-25-19-26-13-9-10-14-28(26)40-22-25)33(21-30(44)24(3)35(46)50-32)51-36-34(45)29(42(6)7)18-23(2)49-36/h9-14,19,22-24,29,31-34,36,45H,8,15-18,20-21H2,1-7H3,(H,41,47)/b12-11+/t23-,24-,29+,31-,32-,33-,34-,36+,38-,39+/m1/s1. The molecule has 5 rings (SSSR count). The maximum atomic E-state index is 14.0. The first kappa shape index (κ1) is 39.5. The van der Waals surface area contributed by atoms with E-state index in [0.29, 0.717) is 6.42 Å². The molecule has 3 aliphatic rings. The number of ether oxygens (including phenoxy) is 5. The van der Waals surface area contributed by atoms with E-state index in [1.54, 1.807) is 27.0 Å². The lowest BCUT2D eigenvalue weighted by atomic mass is 9.82. The fourth-order valence-corrected chi connectivity index (χ4v) is 7.34. The molecular weight excluding hydrogens is 670 g/mol. The lowest BCUT2D eigenvalue weighted by Gasteiger charge is -2.45. The summed E-state index contributed by atoms with van der Waals surface area (Å²) in [5.41, 5.74) is -0.873. The Morgan fingerprint density at radius 1 is 1.12 bits per heavy atom. The molecule has 0 radical (unpaired) electrons. The van der Waals surface area contributed by atoms with Crippen molar-refractivity contribution >= 4 is 40.6 Å². The molecule has 10 atom stereocenters. The van der Waals surface area contributed by atoms with Crippen LogP contribution in [0.2, 0.25) is 0 Å². The molecule has 0 aliphatic carbocycles. The highest BCUT2D eigenvalue weighted by Gasteiger charge is 2.54. The van der Waals surface area contributed by atoms with Crippen LogP contribution in [0, 0.1) is 5.92 Å². The van der Waals surface area contributed by atoms with Gasteiger partial charge in [0.1, 0.15) is 29.7 Å². The van der Waals surface area contributed by atoms with Gasteiger partial charge in [-0.2, -0.15) is 0 Å². The fourth-order valence-electron chi connectivity index (χ4n) is 7.34. The second kappa shape index (κ2) is 16.5. The number of fused-ring (bicyclic) bond motifs is 2. The van der Waals surface area contributed by atoms with Crippen LogP contribution in [0.25, 0.3) is 17.0 Å². The minimum absolute atomic E-state index is 0.0161. The first-order valence-electron chi connectivity index (χ1n) is 18.2. The summed E-state index contributed by atoms with van der Waals surface area (Å²) in [5.74, 6) is -2.66. The van der Waals surface area contributed by atoms with Gasteiger partial charge in [0.2, 0.25) is 0 Å². The summed E-state index contributed by atoms with van der Waals surface area (Å²) < 4.78 is 30.7. The summed E-state index contributed by atoms with van der Waals surface area (Å²) in [4.78, 5) is 60.0. The summed E-state index contributed by atoms with van der Waals surface area (Å²) in [5, 5.41) is 15.1. The number of carbonyl (C=O) groups is 4. The Kier molecular flexibility index (Phi) is 12.5. The van der Waals surface area contributed by atoms with Crippen molar-refractivity contribution in [3.8, 4) is 0 Å². The molecule has 0 bridgehead atoms. The number of ketones is 2. The number of para-hydroxylation sites is 1. The molecule has 4 heterocycles. The number of benzene rings is 1. The van der Waals surface area contributed by atoms with Crippen LogP contribution >= 0.6 is 0 Å². The van der Waals surface area contributed by atoms with Crippen molar-refractivity contribution in [3.63, 3.8) is 0 Å². The number of aromatic nitrogens is 1. The Bertz CT molecular complexity index is 1650. The molecule has 0 spiro atoms. The Morgan fingerprint density at radius 3 is 2.60 bits per heavy atom. The van der Waals surface area contributed by atoms with E-state index in [2.05, 4.69) is 10.3 Å². The van der Waals surface area contributed by atoms with E-state index < -0.39 is 65.6 Å². The number of cyclic esters (lactones) is 1. The van der Waals surface area contributed by atoms with E-state index in [1.807, 2.05) is 68.4 Å². The number of likely N-dealkylation sites (N-methyl/N-ethyl adjacent to an activating group) is 1. The van der Waals surface area contributed by atoms with Crippen LogP contribution in [0.15, 0.2) is 42.6 Å². The summed E-state index contributed by atoms with van der Waals surface area (Å²) >= 11 is 0. The number of esters is 1. The highest BCUT2D eigenvalue weighted by atomic mass is 16.7. The van der Waals surface area contributed by atoms with Gasteiger partial charge in [-0.15, -0.1) is 0 Å². The summed E-state index contributed by atoms with van der Waals surface area (Å²) in [6.07, 6.45) is 0.971. The van der Waals surface area contributed by atoms with Crippen LogP contribution in [0.5, 0.6) is 0 Å². The molecule has 284 valence electrons. The number of aliphatic hydroxyl groups excluding tert-OH is 1. The summed E-state index contributed by atoms with van der Waals surface area (Å²) in [7, 11) is 3.73. The number of hydrogen-bond acceptors (Lipinski definition) is 12. The molecule has 52 heavy (non-hydrogen) atoms. The number of alkyl carbamates (subject to hydrolysis) is 1. The Labute approximate surface area is 305 Å². The van der Waals surface area contributed by atoms with Gasteiger partial charge in [-0.1, -0.05) is 37.3 Å². The number of aliphatic hydroxyl groups is 1. The van der Waals surface area contributed by atoms with Gasteiger partial charge in [0.15, 0.2) is 11.9 Å². The lowest BCUT2D eigenvalue weighted by molar-refractivity contribution is -0.290. The number of nitrogens with zero attached hydrogens (tertiary/aromatic N) is 2. The number of Topliss-reactive ketones (excluding diaryl/α,β-unsaturated/α-hetero) is 2. The monoisotopic (exact) mass is 723 g/mol. The van der Waals surface area contributed by atoms with E-state index >= 15 is 0 Å². The predicted octanol–water partition coefficient (Wildman–Crippen LogP) is 4.37. The molecule has 1 aromatic heterocycles. The van der Waals surface area contributed by atoms with Crippen molar-refractivity contribution in [1.29, 1.82) is 0 Å². The van der Waals surface area contributed by atoms with Crippen molar-refractivity contribution < 1.29 is 48.0 Å². The topological polar surface area (TPSA) is 163 Å². The number of rotatable bonds is 8. The maximum absolute atomic E-state index is 14.0. The number of amides is 1. The molecule has 13 nitrogen and oxygen atoms in total. The van der Waals surface area contributed by atoms with E-state index in [1.165, 1.54) is 6.92 Å². The Hall–Kier alpha value is -3.75. The maximum Gasteiger partial charge on any atom is 0.408 e. The molecule has 1 aromatic carbocycles. The number of hydrogen-bond donors (Lipinski definition) is 2. The lowest BCUT2D eigenvalue weighted by Crippen LogP contribution is -2.57. The van der Waals surface area contributed by atoms with Crippen LogP contribution in [-0.4, -0.2) is 113 Å². The van der Waals surface area contributed by atoms with Gasteiger partial charge in [0.05, 0.1) is 36.0 Å². The van der Waals surface area contributed by atoms with Crippen molar-refractivity contribution in [3.05, 3.63) is 48.2 Å². The molecule has 1 amide bonds. The highest BCUT2D eigenvalue weighted by molar-refractivity contribution is 5.99. The van der Waals surface area contributed by atoms with Crippen LogP contribution in [-0.2, 0) is 38.1 Å². The van der Waals surface area contributed by atoms with Gasteiger partial charge in [0.25, 0.3) is 0 Å². The molecule has 0 saturated carbocycles. The quantitative estimate of drug-likeness (QED) is 0.293. The van der Waals surface area contributed by atoms with E-state index in [0.717, 1.165) is 16.5 Å². The average molecular weight is 724 g/mol. The first-order chi connectivity index (χ1) is 24.6. The van der Waals surface area contributed by atoms with Gasteiger partial charge < -0.3 is 39.0 Å². The Morgan fingerprint density at radius 2 is 1.87 bits per heavy atom. The summed E-state index contributed by atoms with van der Waals surface area (Å²) in [6, 6.07) is 8.76. The zero-order valence-corrected chi connectivity index (χ0v) is 31.2. The number of carbonyl (C=O) groups excluding carboxylic acids is 4. The molecule has 2 aromatic rings. The van der Waals surface area contributed by atoms with Crippen LogP contribution in [0.4, 0.5) is 4.79 Å². The van der Waals surface area contributed by atoms with Crippen molar-refractivity contribution in [2.75, 3.05) is 20.7 Å². The first-order valence-corrected chi connectivity index (χ1v) is 18.2. The zero-order chi connectivity index (χ0) is 37.8. The van der Waals surface area contributed by atoms with Gasteiger partial charge in [0, 0.05) is 36.9 Å². The fraction of sp³-hybridized carbons (Fsp3) is 0.615. The van der Waals surface area contributed by atoms with Crippen molar-refractivity contribution in [2.45, 2.75) is 127 Å². The largest absolute Gasteiger partial charge is 0.458 e. The van der Waals surface area contributed by atoms with Crippen molar-refractivity contribution in [2.24, 2.45) is 5.92 Å². The summed E-state index contributed by atoms with van der Waals surface area (Å²) in [6.45, 7) is 8.61. The van der Waals surface area contributed by atoms with Gasteiger partial charge >= 0.3 is 12.1 Å². The molecule has 3 saturated heterocycles. The second-order valence-corrected chi connectivity index (χ2v) is 14.9. The molecule has 0 unspecified atom stereocenters. The predicted molar refractivity (Wildman–Crippen MR) is 192 cm³/mol. The van der Waals surface area contributed by atoms with E-state index in [-0.39, 0.29) is 56.6 Å². The minimum atomic E-state index is -1.33.